The van der Waals surface area contributed by atoms with Crippen molar-refractivity contribution in [1.82, 2.24) is 14.4 Å². The number of hydrogen-bond acceptors (Lipinski definition) is 2. The zero-order valence-electron chi connectivity index (χ0n) is 14.1. The highest BCUT2D eigenvalue weighted by Gasteiger charge is 2.34. The topological polar surface area (TPSA) is 45.6 Å². The Morgan fingerprint density at radius 2 is 2.09 bits per heavy atom. The second-order valence-corrected chi connectivity index (χ2v) is 6.27. The normalized spacial score (nSPS) is 15.5. The standard InChI is InChI=1S/C17H27N3O2/c1-5-13(2)19(14(3)21)12-17(22)20(15-8-9-15)11-16-7-6-10-18(16)4/h6-7,10,13,15H,5,8-9,11-12H2,1-4H3/t13-/m0/s1. The molecule has 122 valence electrons. The number of amides is 2. The summed E-state index contributed by atoms with van der Waals surface area (Å²) in [5.41, 5.74) is 1.12. The fourth-order valence-electron chi connectivity index (χ4n) is 2.68. The van der Waals surface area contributed by atoms with Crippen LogP contribution in [0.2, 0.25) is 0 Å². The van der Waals surface area contributed by atoms with Crippen molar-refractivity contribution < 1.29 is 9.59 Å². The molecule has 5 nitrogen and oxygen atoms in total. The quantitative estimate of drug-likeness (QED) is 0.775. The van der Waals surface area contributed by atoms with Gasteiger partial charge in [0.05, 0.1) is 13.1 Å². The van der Waals surface area contributed by atoms with Gasteiger partial charge in [-0.05, 0) is 38.3 Å². The molecule has 0 N–H and O–H groups in total. The Bertz CT molecular complexity index is 534. The molecule has 0 aliphatic heterocycles. The predicted octanol–water partition coefficient (Wildman–Crippen LogP) is 2.16. The minimum absolute atomic E-state index is 0.0303. The number of nitrogens with zero attached hydrogens (tertiary/aromatic N) is 3. The van der Waals surface area contributed by atoms with Crippen molar-refractivity contribution in [2.45, 2.75) is 58.7 Å². The maximum Gasteiger partial charge on any atom is 0.242 e. The van der Waals surface area contributed by atoms with Gasteiger partial charge in [-0.15, -0.1) is 0 Å². The van der Waals surface area contributed by atoms with E-state index in [-0.39, 0.29) is 24.4 Å². The lowest BCUT2D eigenvalue weighted by Crippen LogP contribution is -2.46. The highest BCUT2D eigenvalue weighted by Crippen LogP contribution is 2.28. The Balaban J connectivity index is 2.06. The highest BCUT2D eigenvalue weighted by molar-refractivity contribution is 5.84. The minimum Gasteiger partial charge on any atom is -0.353 e. The van der Waals surface area contributed by atoms with Crippen molar-refractivity contribution in [3.63, 3.8) is 0 Å². The molecule has 0 unspecified atom stereocenters. The first-order valence-corrected chi connectivity index (χ1v) is 8.10. The second-order valence-electron chi connectivity index (χ2n) is 6.27. The van der Waals surface area contributed by atoms with E-state index in [2.05, 4.69) is 0 Å². The van der Waals surface area contributed by atoms with Gasteiger partial charge in [-0.25, -0.2) is 0 Å². The Morgan fingerprint density at radius 1 is 1.41 bits per heavy atom. The van der Waals surface area contributed by atoms with Crippen LogP contribution in [0.15, 0.2) is 18.3 Å². The molecule has 0 bridgehead atoms. The van der Waals surface area contributed by atoms with E-state index in [0.717, 1.165) is 25.0 Å². The van der Waals surface area contributed by atoms with Gasteiger partial charge in [0.25, 0.3) is 0 Å². The van der Waals surface area contributed by atoms with E-state index in [4.69, 9.17) is 0 Å². The van der Waals surface area contributed by atoms with Crippen LogP contribution < -0.4 is 0 Å². The summed E-state index contributed by atoms with van der Waals surface area (Å²) in [6, 6.07) is 4.47. The average molecular weight is 305 g/mol. The van der Waals surface area contributed by atoms with Crippen molar-refractivity contribution in [2.24, 2.45) is 7.05 Å². The number of aryl methyl sites for hydroxylation is 1. The van der Waals surface area contributed by atoms with Crippen LogP contribution in [0.5, 0.6) is 0 Å². The van der Waals surface area contributed by atoms with Crippen LogP contribution in [-0.4, -0.2) is 44.8 Å². The maximum absolute atomic E-state index is 12.7. The first-order valence-electron chi connectivity index (χ1n) is 8.10. The van der Waals surface area contributed by atoms with E-state index in [0.29, 0.717) is 12.6 Å². The largest absolute Gasteiger partial charge is 0.353 e. The van der Waals surface area contributed by atoms with E-state index in [9.17, 15) is 9.59 Å². The van der Waals surface area contributed by atoms with Crippen LogP contribution in [0.4, 0.5) is 0 Å². The highest BCUT2D eigenvalue weighted by atomic mass is 16.2. The summed E-state index contributed by atoms with van der Waals surface area (Å²) >= 11 is 0. The van der Waals surface area contributed by atoms with Crippen LogP contribution in [0.25, 0.3) is 0 Å². The summed E-state index contributed by atoms with van der Waals surface area (Å²) in [7, 11) is 1.99. The number of carbonyl (C=O) groups excluding carboxylic acids is 2. The summed E-state index contributed by atoms with van der Waals surface area (Å²) in [5, 5.41) is 0. The first kappa shape index (κ1) is 16.6. The SMILES string of the molecule is CC[C@H](C)N(CC(=O)N(Cc1cccn1C)C1CC1)C(C)=O. The van der Waals surface area contributed by atoms with E-state index < -0.39 is 0 Å². The maximum atomic E-state index is 12.7. The third-order valence-corrected chi connectivity index (χ3v) is 4.52. The lowest BCUT2D eigenvalue weighted by molar-refractivity contribution is -0.141. The number of aromatic nitrogens is 1. The predicted molar refractivity (Wildman–Crippen MR) is 86.1 cm³/mol. The van der Waals surface area contributed by atoms with Crippen LogP contribution in [0.1, 0.15) is 45.7 Å². The fourth-order valence-corrected chi connectivity index (χ4v) is 2.68. The lowest BCUT2D eigenvalue weighted by Gasteiger charge is -2.30. The Hall–Kier alpha value is -1.78. The van der Waals surface area contributed by atoms with Gasteiger partial charge >= 0.3 is 0 Å². The van der Waals surface area contributed by atoms with Crippen LogP contribution in [-0.2, 0) is 23.2 Å². The molecule has 0 saturated heterocycles. The van der Waals surface area contributed by atoms with Crippen LogP contribution in [0.3, 0.4) is 0 Å². The van der Waals surface area contributed by atoms with Gasteiger partial charge in [0, 0.05) is 37.9 Å². The van der Waals surface area contributed by atoms with Crippen LogP contribution >= 0.6 is 0 Å². The molecular formula is C17H27N3O2. The molecule has 1 aromatic heterocycles. The van der Waals surface area contributed by atoms with E-state index in [1.807, 2.05) is 48.7 Å². The third kappa shape index (κ3) is 3.90. The first-order chi connectivity index (χ1) is 10.4. The van der Waals surface area contributed by atoms with E-state index >= 15 is 0 Å². The minimum atomic E-state index is -0.0303. The Morgan fingerprint density at radius 3 is 2.55 bits per heavy atom. The lowest BCUT2D eigenvalue weighted by atomic mass is 10.2. The van der Waals surface area contributed by atoms with Gasteiger partial charge in [0.2, 0.25) is 11.8 Å². The molecule has 1 fully saturated rings. The second kappa shape index (κ2) is 6.99. The molecule has 0 aromatic carbocycles. The smallest absolute Gasteiger partial charge is 0.242 e. The average Bonchev–Trinajstić information content (AvgIpc) is 3.24. The molecule has 1 aliphatic carbocycles. The third-order valence-electron chi connectivity index (χ3n) is 4.52. The molecule has 2 amide bonds. The molecule has 22 heavy (non-hydrogen) atoms. The van der Waals surface area contributed by atoms with Crippen molar-refractivity contribution in [2.75, 3.05) is 6.54 Å². The molecule has 1 heterocycles. The Labute approximate surface area is 132 Å². The summed E-state index contributed by atoms with van der Waals surface area (Å²) in [5.74, 6) is 0.0245. The molecule has 5 heteroatoms. The number of hydrogen-bond donors (Lipinski definition) is 0. The Kier molecular flexibility index (Phi) is 5.27. The van der Waals surface area contributed by atoms with Crippen molar-refractivity contribution in [3.8, 4) is 0 Å². The number of rotatable bonds is 7. The van der Waals surface area contributed by atoms with Gasteiger partial charge in [0.15, 0.2) is 0 Å². The van der Waals surface area contributed by atoms with Crippen LogP contribution in [0, 0.1) is 0 Å². The molecule has 1 aliphatic rings. The molecule has 2 rings (SSSR count). The van der Waals surface area contributed by atoms with Gasteiger partial charge in [0.1, 0.15) is 0 Å². The van der Waals surface area contributed by atoms with Gasteiger partial charge in [-0.2, -0.15) is 0 Å². The zero-order valence-corrected chi connectivity index (χ0v) is 14.1. The van der Waals surface area contributed by atoms with Gasteiger partial charge in [-0.3, -0.25) is 9.59 Å². The monoisotopic (exact) mass is 305 g/mol. The molecule has 1 saturated carbocycles. The molecule has 0 radical (unpaired) electrons. The molecular weight excluding hydrogens is 278 g/mol. The van der Waals surface area contributed by atoms with Gasteiger partial charge < -0.3 is 14.4 Å². The zero-order chi connectivity index (χ0) is 16.3. The molecule has 1 aromatic rings. The summed E-state index contributed by atoms with van der Waals surface area (Å²) in [6.07, 6.45) is 4.99. The summed E-state index contributed by atoms with van der Waals surface area (Å²) in [6.45, 7) is 6.38. The van der Waals surface area contributed by atoms with Crippen molar-refractivity contribution in [1.29, 1.82) is 0 Å². The van der Waals surface area contributed by atoms with Crippen molar-refractivity contribution >= 4 is 11.8 Å². The molecule has 0 spiro atoms. The van der Waals surface area contributed by atoms with E-state index in [1.165, 1.54) is 6.92 Å². The van der Waals surface area contributed by atoms with E-state index in [1.54, 1.807) is 4.90 Å². The molecule has 1 atom stereocenters. The number of carbonyl (C=O) groups is 2. The fraction of sp³-hybridized carbons (Fsp3) is 0.647. The summed E-state index contributed by atoms with van der Waals surface area (Å²) in [4.78, 5) is 28.2. The van der Waals surface area contributed by atoms with Crippen molar-refractivity contribution in [3.05, 3.63) is 24.0 Å². The summed E-state index contributed by atoms with van der Waals surface area (Å²) < 4.78 is 2.04. The van der Waals surface area contributed by atoms with Gasteiger partial charge in [-0.1, -0.05) is 6.92 Å².